The third-order valence-corrected chi connectivity index (χ3v) is 3.49. The number of hydrogen-bond donors (Lipinski definition) is 1. The second-order valence-corrected chi connectivity index (χ2v) is 4.80. The number of anilines is 1. The van der Waals surface area contributed by atoms with Crippen LogP contribution in [0.15, 0.2) is 29.0 Å². The van der Waals surface area contributed by atoms with Crippen LogP contribution in [-0.2, 0) is 13.5 Å². The van der Waals surface area contributed by atoms with Crippen LogP contribution in [0.5, 0.6) is 0 Å². The lowest BCUT2D eigenvalue weighted by molar-refractivity contribution is 0.711. The lowest BCUT2D eigenvalue weighted by Crippen LogP contribution is -2.09. The molecule has 0 amide bonds. The highest BCUT2D eigenvalue weighted by atomic mass is 79.9. The van der Waals surface area contributed by atoms with Crippen molar-refractivity contribution in [1.82, 2.24) is 14.8 Å². The second-order valence-electron chi connectivity index (χ2n) is 3.94. The van der Waals surface area contributed by atoms with E-state index in [0.29, 0.717) is 0 Å². The van der Waals surface area contributed by atoms with Crippen LogP contribution >= 0.6 is 15.9 Å². The predicted octanol–water partition coefficient (Wildman–Crippen LogP) is 2.54. The number of aryl methyl sites for hydroxylation is 2. The minimum Gasteiger partial charge on any atom is -0.370 e. The molecular weight excluding hydrogens is 280 g/mol. The first-order valence-corrected chi connectivity index (χ1v) is 6.29. The van der Waals surface area contributed by atoms with Crippen LogP contribution < -0.4 is 5.32 Å². The highest BCUT2D eigenvalue weighted by Gasteiger charge is 2.00. The Bertz CT molecular complexity index is 507. The van der Waals surface area contributed by atoms with Crippen LogP contribution in [0.25, 0.3) is 0 Å². The maximum absolute atomic E-state index is 4.30. The van der Waals surface area contributed by atoms with Crippen molar-refractivity contribution in [2.24, 2.45) is 7.05 Å². The molecule has 1 N–H and O–H groups in total. The molecule has 0 aliphatic heterocycles. The molecule has 0 aliphatic carbocycles. The van der Waals surface area contributed by atoms with Gasteiger partial charge in [0, 0.05) is 42.6 Å². The fourth-order valence-corrected chi connectivity index (χ4v) is 1.82. The summed E-state index contributed by atoms with van der Waals surface area (Å²) in [5.41, 5.74) is 2.40. The number of pyridine rings is 1. The normalized spacial score (nSPS) is 10.5. The maximum Gasteiger partial charge on any atom is 0.126 e. The fourth-order valence-electron chi connectivity index (χ4n) is 1.60. The summed E-state index contributed by atoms with van der Waals surface area (Å²) in [6.07, 6.45) is 4.58. The first kappa shape index (κ1) is 12.1. The van der Waals surface area contributed by atoms with E-state index in [9.17, 15) is 0 Å². The van der Waals surface area contributed by atoms with E-state index >= 15 is 0 Å². The van der Waals surface area contributed by atoms with E-state index in [1.807, 2.05) is 36.3 Å². The standard InChI is InChI=1S/C12H15BrN4/c1-9-7-12(15-8-11(9)13)14-5-3-10-4-6-16-17(10)2/h4,6-8H,3,5H2,1-2H3,(H,14,15). The van der Waals surface area contributed by atoms with Gasteiger partial charge in [-0.25, -0.2) is 4.98 Å². The second kappa shape index (κ2) is 5.31. The maximum atomic E-state index is 4.30. The summed E-state index contributed by atoms with van der Waals surface area (Å²) in [7, 11) is 1.96. The van der Waals surface area contributed by atoms with E-state index in [-0.39, 0.29) is 0 Å². The van der Waals surface area contributed by atoms with E-state index in [4.69, 9.17) is 0 Å². The van der Waals surface area contributed by atoms with Crippen molar-refractivity contribution in [2.45, 2.75) is 13.3 Å². The minimum absolute atomic E-state index is 0.855. The van der Waals surface area contributed by atoms with E-state index in [2.05, 4.69) is 38.3 Å². The number of nitrogens with one attached hydrogen (secondary N) is 1. The number of hydrogen-bond acceptors (Lipinski definition) is 3. The van der Waals surface area contributed by atoms with Crippen molar-refractivity contribution >= 4 is 21.7 Å². The topological polar surface area (TPSA) is 42.7 Å². The van der Waals surface area contributed by atoms with E-state index in [1.165, 1.54) is 11.3 Å². The fraction of sp³-hybridized carbons (Fsp3) is 0.333. The molecule has 0 spiro atoms. The van der Waals surface area contributed by atoms with Crippen molar-refractivity contribution in [3.05, 3.63) is 40.3 Å². The lowest BCUT2D eigenvalue weighted by atomic mass is 10.3. The van der Waals surface area contributed by atoms with Gasteiger partial charge in [-0.2, -0.15) is 5.10 Å². The molecule has 2 heterocycles. The van der Waals surface area contributed by atoms with E-state index in [1.54, 1.807) is 0 Å². The largest absolute Gasteiger partial charge is 0.370 e. The predicted molar refractivity (Wildman–Crippen MR) is 72.1 cm³/mol. The third-order valence-electron chi connectivity index (χ3n) is 2.66. The first-order valence-electron chi connectivity index (χ1n) is 5.49. The molecule has 0 saturated heterocycles. The van der Waals surface area contributed by atoms with Crippen LogP contribution in [0.2, 0.25) is 0 Å². The van der Waals surface area contributed by atoms with Gasteiger partial charge < -0.3 is 5.32 Å². The zero-order chi connectivity index (χ0) is 12.3. The Balaban J connectivity index is 1.90. The highest BCUT2D eigenvalue weighted by molar-refractivity contribution is 9.10. The van der Waals surface area contributed by atoms with Gasteiger partial charge >= 0.3 is 0 Å². The Morgan fingerprint density at radius 2 is 2.29 bits per heavy atom. The average molecular weight is 295 g/mol. The Hall–Kier alpha value is -1.36. The zero-order valence-corrected chi connectivity index (χ0v) is 11.5. The molecule has 0 fully saturated rings. The van der Waals surface area contributed by atoms with Gasteiger partial charge in [0.2, 0.25) is 0 Å². The first-order chi connectivity index (χ1) is 8.16. The average Bonchev–Trinajstić information content (AvgIpc) is 2.70. The van der Waals surface area contributed by atoms with Crippen LogP contribution in [0, 0.1) is 6.92 Å². The summed E-state index contributed by atoms with van der Waals surface area (Å²) in [6.45, 7) is 2.91. The SMILES string of the molecule is Cc1cc(NCCc2ccnn2C)ncc1Br. The molecule has 17 heavy (non-hydrogen) atoms. The van der Waals surface area contributed by atoms with Crippen LogP contribution in [0.1, 0.15) is 11.3 Å². The Labute approximate surface area is 109 Å². The molecule has 0 bridgehead atoms. The molecule has 2 aromatic rings. The van der Waals surface area contributed by atoms with Crippen LogP contribution in [0.3, 0.4) is 0 Å². The number of rotatable bonds is 4. The Kier molecular flexibility index (Phi) is 3.78. The number of aromatic nitrogens is 3. The van der Waals surface area contributed by atoms with Crippen LogP contribution in [-0.4, -0.2) is 21.3 Å². The van der Waals surface area contributed by atoms with Crippen molar-refractivity contribution in [3.63, 3.8) is 0 Å². The Morgan fingerprint density at radius 3 is 2.94 bits per heavy atom. The van der Waals surface area contributed by atoms with Crippen molar-refractivity contribution < 1.29 is 0 Å². The van der Waals surface area contributed by atoms with Gasteiger partial charge in [-0.3, -0.25) is 4.68 Å². The summed E-state index contributed by atoms with van der Waals surface area (Å²) in [5.74, 6) is 0.910. The molecule has 4 nitrogen and oxygen atoms in total. The molecular formula is C12H15BrN4. The van der Waals surface area contributed by atoms with Gasteiger partial charge in [0.05, 0.1) is 0 Å². The van der Waals surface area contributed by atoms with Gasteiger partial charge in [0.15, 0.2) is 0 Å². The summed E-state index contributed by atoms with van der Waals surface area (Å²) >= 11 is 3.44. The summed E-state index contributed by atoms with van der Waals surface area (Å²) < 4.78 is 2.93. The summed E-state index contributed by atoms with van der Waals surface area (Å²) in [4.78, 5) is 4.30. The van der Waals surface area contributed by atoms with Gasteiger partial charge in [-0.15, -0.1) is 0 Å². The van der Waals surface area contributed by atoms with E-state index in [0.717, 1.165) is 23.3 Å². The zero-order valence-electron chi connectivity index (χ0n) is 9.94. The molecule has 0 aromatic carbocycles. The van der Waals surface area contributed by atoms with Gasteiger partial charge in [-0.05, 0) is 40.5 Å². The molecule has 0 unspecified atom stereocenters. The molecule has 0 atom stereocenters. The molecule has 0 radical (unpaired) electrons. The third kappa shape index (κ3) is 3.06. The smallest absolute Gasteiger partial charge is 0.126 e. The number of nitrogens with zero attached hydrogens (tertiary/aromatic N) is 3. The lowest BCUT2D eigenvalue weighted by Gasteiger charge is -2.07. The molecule has 2 aromatic heterocycles. The summed E-state index contributed by atoms with van der Waals surface area (Å²) in [6, 6.07) is 4.06. The molecule has 2 rings (SSSR count). The molecule has 90 valence electrons. The Morgan fingerprint density at radius 1 is 1.47 bits per heavy atom. The molecule has 0 saturated carbocycles. The molecule has 5 heteroatoms. The van der Waals surface area contributed by atoms with Crippen molar-refractivity contribution in [1.29, 1.82) is 0 Å². The van der Waals surface area contributed by atoms with Gasteiger partial charge in [0.1, 0.15) is 5.82 Å². The number of halogens is 1. The van der Waals surface area contributed by atoms with Crippen molar-refractivity contribution in [3.8, 4) is 0 Å². The van der Waals surface area contributed by atoms with Gasteiger partial charge in [-0.1, -0.05) is 0 Å². The van der Waals surface area contributed by atoms with E-state index < -0.39 is 0 Å². The molecule has 0 aliphatic rings. The van der Waals surface area contributed by atoms with Crippen LogP contribution in [0.4, 0.5) is 5.82 Å². The quantitative estimate of drug-likeness (QED) is 0.942. The monoisotopic (exact) mass is 294 g/mol. The highest BCUT2D eigenvalue weighted by Crippen LogP contribution is 2.17. The van der Waals surface area contributed by atoms with Crippen molar-refractivity contribution in [2.75, 3.05) is 11.9 Å². The minimum atomic E-state index is 0.855. The summed E-state index contributed by atoms with van der Waals surface area (Å²) in [5, 5.41) is 7.44. The van der Waals surface area contributed by atoms with Gasteiger partial charge in [0.25, 0.3) is 0 Å².